The van der Waals surface area contributed by atoms with E-state index in [9.17, 15) is 8.42 Å². The number of aromatic nitrogens is 1. The first-order valence-corrected chi connectivity index (χ1v) is 10.5. The molecule has 7 heteroatoms. The van der Waals surface area contributed by atoms with E-state index in [4.69, 9.17) is 0 Å². The summed E-state index contributed by atoms with van der Waals surface area (Å²) in [5, 5.41) is 6.64. The van der Waals surface area contributed by atoms with E-state index in [1.165, 1.54) is 16.9 Å². The first-order chi connectivity index (χ1) is 12.6. The Labute approximate surface area is 155 Å². The molecular weight excluding hydrogens is 348 g/mol. The minimum absolute atomic E-state index is 0.203. The van der Waals surface area contributed by atoms with E-state index in [-0.39, 0.29) is 4.90 Å². The molecule has 3 rings (SSSR count). The molecule has 0 spiro atoms. The van der Waals surface area contributed by atoms with Gasteiger partial charge in [-0.05, 0) is 63.0 Å². The van der Waals surface area contributed by atoms with Crippen LogP contribution < -0.4 is 14.9 Å². The van der Waals surface area contributed by atoms with Crippen molar-refractivity contribution < 1.29 is 8.42 Å². The molecule has 6 nitrogen and oxygen atoms in total. The first kappa shape index (κ1) is 18.7. The van der Waals surface area contributed by atoms with Crippen molar-refractivity contribution in [3.63, 3.8) is 0 Å². The van der Waals surface area contributed by atoms with Crippen LogP contribution in [0.1, 0.15) is 19.8 Å². The van der Waals surface area contributed by atoms with Crippen LogP contribution in [0.25, 0.3) is 0 Å². The summed E-state index contributed by atoms with van der Waals surface area (Å²) in [6, 6.07) is 12.5. The third-order valence-electron chi connectivity index (χ3n) is 4.68. The molecular formula is C19H26N4O2S. The van der Waals surface area contributed by atoms with Crippen molar-refractivity contribution in [3.05, 3.63) is 48.7 Å². The van der Waals surface area contributed by atoms with Gasteiger partial charge in [0.2, 0.25) is 0 Å². The van der Waals surface area contributed by atoms with Crippen LogP contribution in [-0.4, -0.2) is 39.6 Å². The minimum Gasteiger partial charge on any atom is -0.370 e. The third-order valence-corrected chi connectivity index (χ3v) is 6.56. The number of nitrogens with zero attached hydrogens (tertiary/aromatic N) is 2. The number of rotatable bonds is 8. The van der Waals surface area contributed by atoms with Gasteiger partial charge in [-0.2, -0.15) is 0 Å². The number of anilines is 2. The Hall–Kier alpha value is -2.12. The Bertz CT molecular complexity index is 788. The van der Waals surface area contributed by atoms with E-state index < -0.39 is 10.0 Å². The fourth-order valence-corrected chi connectivity index (χ4v) is 4.64. The number of benzene rings is 1. The summed E-state index contributed by atoms with van der Waals surface area (Å²) in [6.07, 6.45) is 3.74. The van der Waals surface area contributed by atoms with Crippen LogP contribution in [0.5, 0.6) is 0 Å². The maximum absolute atomic E-state index is 12.9. The molecule has 0 aliphatic carbocycles. The zero-order valence-electron chi connectivity index (χ0n) is 15.1. The van der Waals surface area contributed by atoms with Gasteiger partial charge >= 0.3 is 0 Å². The van der Waals surface area contributed by atoms with Gasteiger partial charge in [-0.15, -0.1) is 0 Å². The van der Waals surface area contributed by atoms with Gasteiger partial charge in [0, 0.05) is 19.3 Å². The van der Waals surface area contributed by atoms with E-state index in [2.05, 4.69) is 15.6 Å². The predicted molar refractivity (Wildman–Crippen MR) is 105 cm³/mol. The van der Waals surface area contributed by atoms with Crippen LogP contribution in [0.3, 0.4) is 0 Å². The smallest absolute Gasteiger partial charge is 0.265 e. The van der Waals surface area contributed by atoms with Gasteiger partial charge in [-0.3, -0.25) is 4.31 Å². The summed E-state index contributed by atoms with van der Waals surface area (Å²) < 4.78 is 27.2. The molecule has 0 amide bonds. The summed E-state index contributed by atoms with van der Waals surface area (Å²) >= 11 is 0. The maximum Gasteiger partial charge on any atom is 0.265 e. The number of hydrogen-bond donors (Lipinski definition) is 2. The van der Waals surface area contributed by atoms with Crippen molar-refractivity contribution >= 4 is 21.5 Å². The van der Waals surface area contributed by atoms with Crippen LogP contribution in [0.15, 0.2) is 53.6 Å². The Morgan fingerprint density at radius 3 is 2.65 bits per heavy atom. The highest BCUT2D eigenvalue weighted by Crippen LogP contribution is 2.23. The molecule has 140 valence electrons. The highest BCUT2D eigenvalue weighted by atomic mass is 32.2. The highest BCUT2D eigenvalue weighted by molar-refractivity contribution is 7.92. The second-order valence-electron chi connectivity index (χ2n) is 6.46. The lowest BCUT2D eigenvalue weighted by molar-refractivity contribution is 0.549. The molecule has 0 radical (unpaired) electrons. The van der Waals surface area contributed by atoms with E-state index in [0.29, 0.717) is 24.0 Å². The molecule has 26 heavy (non-hydrogen) atoms. The molecule has 1 atom stereocenters. The molecule has 1 fully saturated rings. The quantitative estimate of drug-likeness (QED) is 0.743. The van der Waals surface area contributed by atoms with E-state index in [1.807, 2.05) is 25.1 Å². The number of sulfonamides is 1. The zero-order valence-corrected chi connectivity index (χ0v) is 15.9. The summed E-state index contributed by atoms with van der Waals surface area (Å²) in [6.45, 7) is 5.22. The second-order valence-corrected chi connectivity index (χ2v) is 8.32. The van der Waals surface area contributed by atoms with Crippen LogP contribution in [0.2, 0.25) is 0 Å². The van der Waals surface area contributed by atoms with Crippen molar-refractivity contribution in [2.24, 2.45) is 5.92 Å². The van der Waals surface area contributed by atoms with Gasteiger partial charge in [0.25, 0.3) is 10.0 Å². The molecule has 2 N–H and O–H groups in total. The monoisotopic (exact) mass is 374 g/mol. The molecule has 1 aromatic heterocycles. The molecule has 0 unspecified atom stereocenters. The van der Waals surface area contributed by atoms with Gasteiger partial charge in [-0.1, -0.05) is 18.2 Å². The largest absolute Gasteiger partial charge is 0.370 e. The maximum atomic E-state index is 12.9. The van der Waals surface area contributed by atoms with E-state index >= 15 is 0 Å². The molecule has 0 bridgehead atoms. The molecule has 1 aliphatic heterocycles. The summed E-state index contributed by atoms with van der Waals surface area (Å²) in [7, 11) is -3.62. The average molecular weight is 375 g/mol. The lowest BCUT2D eigenvalue weighted by Crippen LogP contribution is -2.30. The fourth-order valence-electron chi connectivity index (χ4n) is 3.22. The van der Waals surface area contributed by atoms with Gasteiger partial charge < -0.3 is 10.6 Å². The fraction of sp³-hybridized carbons (Fsp3) is 0.421. The van der Waals surface area contributed by atoms with Crippen molar-refractivity contribution in [3.8, 4) is 0 Å². The lowest BCUT2D eigenvalue weighted by atomic mass is 10.1. The van der Waals surface area contributed by atoms with E-state index in [0.717, 1.165) is 26.1 Å². The summed E-state index contributed by atoms with van der Waals surface area (Å²) in [4.78, 5) is 4.49. The van der Waals surface area contributed by atoms with Gasteiger partial charge in [-0.25, -0.2) is 13.4 Å². The normalized spacial score (nSPS) is 17.2. The third kappa shape index (κ3) is 4.34. The second kappa shape index (κ2) is 8.51. The van der Waals surface area contributed by atoms with Crippen LogP contribution in [0.4, 0.5) is 11.5 Å². The molecule has 2 heterocycles. The number of nitrogens with one attached hydrogen (secondary N) is 2. The average Bonchev–Trinajstić information content (AvgIpc) is 3.17. The predicted octanol–water partition coefficient (Wildman–Crippen LogP) is 2.71. The first-order valence-electron chi connectivity index (χ1n) is 9.09. The lowest BCUT2D eigenvalue weighted by Gasteiger charge is -2.22. The van der Waals surface area contributed by atoms with Crippen molar-refractivity contribution in [1.82, 2.24) is 10.3 Å². The molecule has 0 saturated carbocycles. The molecule has 1 saturated heterocycles. The Balaban J connectivity index is 1.66. The summed E-state index contributed by atoms with van der Waals surface area (Å²) in [5.41, 5.74) is 0.655. The van der Waals surface area contributed by atoms with E-state index in [1.54, 1.807) is 24.3 Å². The Morgan fingerprint density at radius 2 is 2.04 bits per heavy atom. The van der Waals surface area contributed by atoms with Gasteiger partial charge in [0.15, 0.2) is 0 Å². The zero-order chi connectivity index (χ0) is 18.4. The van der Waals surface area contributed by atoms with Crippen molar-refractivity contribution in [2.75, 3.05) is 35.8 Å². The van der Waals surface area contributed by atoms with Gasteiger partial charge in [0.1, 0.15) is 10.7 Å². The van der Waals surface area contributed by atoms with Crippen LogP contribution >= 0.6 is 0 Å². The number of pyridine rings is 1. The minimum atomic E-state index is -3.62. The standard InChI is InChI=1S/C19H26N4O2S/c1-2-23(17-6-4-3-5-7-17)26(24,25)18-8-9-19(22-15-18)21-13-11-16-10-12-20-14-16/h3-9,15-16,20H,2,10-14H2,1H3,(H,21,22)/t16-/m1/s1. The van der Waals surface area contributed by atoms with Gasteiger partial charge in [0.05, 0.1) is 5.69 Å². The summed E-state index contributed by atoms with van der Waals surface area (Å²) in [5.74, 6) is 1.42. The van der Waals surface area contributed by atoms with Crippen LogP contribution in [0, 0.1) is 5.92 Å². The SMILES string of the molecule is CCN(c1ccccc1)S(=O)(=O)c1ccc(NCC[C@H]2CCNC2)nc1. The van der Waals surface area contributed by atoms with Crippen molar-refractivity contribution in [1.29, 1.82) is 0 Å². The molecule has 1 aliphatic rings. The topological polar surface area (TPSA) is 74.3 Å². The Kier molecular flexibility index (Phi) is 6.11. The highest BCUT2D eigenvalue weighted by Gasteiger charge is 2.23. The van der Waals surface area contributed by atoms with Crippen molar-refractivity contribution in [2.45, 2.75) is 24.7 Å². The number of para-hydroxylation sites is 1. The molecule has 2 aromatic rings. The Morgan fingerprint density at radius 1 is 1.23 bits per heavy atom. The molecule has 1 aromatic carbocycles. The number of hydrogen-bond acceptors (Lipinski definition) is 5. The van der Waals surface area contributed by atoms with Crippen LogP contribution in [-0.2, 0) is 10.0 Å².